The summed E-state index contributed by atoms with van der Waals surface area (Å²) in [6, 6.07) is 8.31. The first-order valence-corrected chi connectivity index (χ1v) is 10.7. The smallest absolute Gasteiger partial charge is 0.387 e. The van der Waals surface area contributed by atoms with Gasteiger partial charge in [-0.2, -0.15) is 17.6 Å². The van der Waals surface area contributed by atoms with Gasteiger partial charge >= 0.3 is 25.2 Å². The van der Waals surface area contributed by atoms with Gasteiger partial charge in [0.25, 0.3) is 0 Å². The molecule has 0 radical (unpaired) electrons. The number of halogens is 4. The monoisotopic (exact) mass is 528 g/mol. The van der Waals surface area contributed by atoms with Gasteiger partial charge < -0.3 is 28.4 Å². The third-order valence-corrected chi connectivity index (χ3v) is 4.41. The van der Waals surface area contributed by atoms with Gasteiger partial charge in [-0.3, -0.25) is 0 Å². The van der Waals surface area contributed by atoms with Crippen molar-refractivity contribution in [2.45, 2.75) is 19.6 Å². The van der Waals surface area contributed by atoms with E-state index in [1.165, 1.54) is 62.8 Å². The summed E-state index contributed by atoms with van der Waals surface area (Å²) < 4.78 is 78.1. The molecule has 0 heterocycles. The summed E-state index contributed by atoms with van der Waals surface area (Å²) in [6.07, 6.45) is 5.33. The van der Waals surface area contributed by atoms with Crippen LogP contribution < -0.4 is 18.9 Å². The average molecular weight is 528 g/mol. The number of hydrogen-bond donors (Lipinski definition) is 0. The van der Waals surface area contributed by atoms with E-state index in [9.17, 15) is 27.2 Å². The maximum absolute atomic E-state index is 12.4. The lowest BCUT2D eigenvalue weighted by Crippen LogP contribution is -2.08. The predicted molar refractivity (Wildman–Crippen MR) is 124 cm³/mol. The predicted octanol–water partition coefficient (Wildman–Crippen LogP) is 5.11. The summed E-state index contributed by atoms with van der Waals surface area (Å²) in [5, 5.41) is 0. The van der Waals surface area contributed by atoms with Gasteiger partial charge in [0.1, 0.15) is 0 Å². The van der Waals surface area contributed by atoms with Crippen LogP contribution in [0.15, 0.2) is 48.6 Å². The summed E-state index contributed by atoms with van der Waals surface area (Å²) in [5.74, 6) is -1.46. The third kappa shape index (κ3) is 10.5. The molecule has 0 amide bonds. The zero-order valence-corrected chi connectivity index (χ0v) is 19.8. The molecule has 0 aliphatic carbocycles. The first-order valence-electron chi connectivity index (χ1n) is 10.7. The standard InChI is InChI=1S/C25H24F4O8/c1-32-20-14-16(4-8-18(20)36-24(26)27)6-10-22(30)34-12-3-13-35-23(31)11-7-17-5-9-19(37-25(28)29)21(15-17)33-2/h4-11,14-15,24-25H,3,12-13H2,1-2H3. The molecule has 2 rings (SSSR count). The Morgan fingerprint density at radius 3 is 1.46 bits per heavy atom. The van der Waals surface area contributed by atoms with Gasteiger partial charge in [-0.15, -0.1) is 0 Å². The Hall–Kier alpha value is -4.22. The summed E-state index contributed by atoms with van der Waals surface area (Å²) >= 11 is 0. The van der Waals surface area contributed by atoms with Gasteiger partial charge in [0.2, 0.25) is 0 Å². The number of carbonyl (C=O) groups is 2. The van der Waals surface area contributed by atoms with Crippen molar-refractivity contribution in [1.82, 2.24) is 0 Å². The zero-order chi connectivity index (χ0) is 27.2. The van der Waals surface area contributed by atoms with E-state index in [0.29, 0.717) is 11.1 Å². The van der Waals surface area contributed by atoms with Crippen LogP contribution in [0.4, 0.5) is 17.6 Å². The Labute approximate surface area is 210 Å². The van der Waals surface area contributed by atoms with Crippen LogP contribution in [0.1, 0.15) is 17.5 Å². The molecule has 0 fully saturated rings. The molecule has 0 aliphatic rings. The highest BCUT2D eigenvalue weighted by molar-refractivity contribution is 5.87. The Bertz CT molecular complexity index is 1020. The Morgan fingerprint density at radius 2 is 1.11 bits per heavy atom. The highest BCUT2D eigenvalue weighted by Crippen LogP contribution is 2.30. The normalized spacial score (nSPS) is 11.2. The highest BCUT2D eigenvalue weighted by atomic mass is 19.3. The number of benzene rings is 2. The van der Waals surface area contributed by atoms with E-state index in [-0.39, 0.29) is 42.6 Å². The molecule has 0 unspecified atom stereocenters. The fourth-order valence-electron chi connectivity index (χ4n) is 2.79. The van der Waals surface area contributed by atoms with E-state index in [0.717, 1.165) is 12.2 Å². The maximum atomic E-state index is 12.4. The van der Waals surface area contributed by atoms with E-state index < -0.39 is 25.2 Å². The molecule has 37 heavy (non-hydrogen) atoms. The second-order valence-corrected chi connectivity index (χ2v) is 6.93. The van der Waals surface area contributed by atoms with Crippen molar-refractivity contribution in [2.75, 3.05) is 27.4 Å². The molecule has 0 bridgehead atoms. The molecule has 0 saturated heterocycles. The molecule has 8 nitrogen and oxygen atoms in total. The van der Waals surface area contributed by atoms with E-state index in [1.807, 2.05) is 0 Å². The van der Waals surface area contributed by atoms with Gasteiger partial charge in [-0.25, -0.2) is 9.59 Å². The largest absolute Gasteiger partial charge is 0.493 e. The molecule has 0 atom stereocenters. The van der Waals surface area contributed by atoms with Gasteiger partial charge in [0, 0.05) is 18.6 Å². The minimum absolute atomic E-state index is 0.0204. The van der Waals surface area contributed by atoms with E-state index in [1.54, 1.807) is 0 Å². The molecule has 200 valence electrons. The minimum atomic E-state index is -3.00. The van der Waals surface area contributed by atoms with Crippen LogP contribution >= 0.6 is 0 Å². The van der Waals surface area contributed by atoms with Crippen LogP contribution in [0.2, 0.25) is 0 Å². The van der Waals surface area contributed by atoms with Crippen molar-refractivity contribution < 1.29 is 55.6 Å². The fraction of sp³-hybridized carbons (Fsp3) is 0.280. The fourth-order valence-corrected chi connectivity index (χ4v) is 2.79. The van der Waals surface area contributed by atoms with Gasteiger partial charge in [0.05, 0.1) is 27.4 Å². The van der Waals surface area contributed by atoms with Crippen LogP contribution in [0.5, 0.6) is 23.0 Å². The highest BCUT2D eigenvalue weighted by Gasteiger charge is 2.11. The summed E-state index contributed by atoms with van der Waals surface area (Å²) in [5.41, 5.74) is 0.981. The Morgan fingerprint density at radius 1 is 0.703 bits per heavy atom. The molecule has 0 saturated carbocycles. The van der Waals surface area contributed by atoms with E-state index in [4.69, 9.17) is 18.9 Å². The lowest BCUT2D eigenvalue weighted by molar-refractivity contribution is -0.140. The second kappa shape index (κ2) is 15.0. The third-order valence-electron chi connectivity index (χ3n) is 4.41. The van der Waals surface area contributed by atoms with Crippen molar-refractivity contribution in [2.24, 2.45) is 0 Å². The van der Waals surface area contributed by atoms with Gasteiger partial charge in [0.15, 0.2) is 23.0 Å². The summed E-state index contributed by atoms with van der Waals surface area (Å²) in [7, 11) is 2.58. The second-order valence-electron chi connectivity index (χ2n) is 6.93. The molecular formula is C25H24F4O8. The first-order chi connectivity index (χ1) is 17.7. The first kappa shape index (κ1) is 29.0. The van der Waals surface area contributed by atoms with Gasteiger partial charge in [-0.05, 0) is 47.5 Å². The topological polar surface area (TPSA) is 89.5 Å². The zero-order valence-electron chi connectivity index (χ0n) is 19.8. The summed E-state index contributed by atoms with van der Waals surface area (Å²) in [4.78, 5) is 23.7. The van der Waals surface area contributed by atoms with Crippen LogP contribution in [-0.4, -0.2) is 52.6 Å². The number of methoxy groups -OCH3 is 2. The van der Waals surface area contributed by atoms with Crippen LogP contribution in [0.25, 0.3) is 12.2 Å². The van der Waals surface area contributed by atoms with Crippen LogP contribution in [0.3, 0.4) is 0 Å². The van der Waals surface area contributed by atoms with Crippen LogP contribution in [0, 0.1) is 0 Å². The molecule has 2 aromatic carbocycles. The summed E-state index contributed by atoms with van der Waals surface area (Å²) in [6.45, 7) is -6.04. The average Bonchev–Trinajstić information content (AvgIpc) is 2.86. The lowest BCUT2D eigenvalue weighted by Gasteiger charge is -2.10. The van der Waals surface area contributed by atoms with Crippen molar-refractivity contribution >= 4 is 24.1 Å². The molecule has 12 heteroatoms. The van der Waals surface area contributed by atoms with Crippen molar-refractivity contribution in [3.8, 4) is 23.0 Å². The molecule has 0 aliphatic heterocycles. The number of hydrogen-bond acceptors (Lipinski definition) is 8. The minimum Gasteiger partial charge on any atom is -0.493 e. The van der Waals surface area contributed by atoms with Gasteiger partial charge in [-0.1, -0.05) is 12.1 Å². The number of rotatable bonds is 14. The van der Waals surface area contributed by atoms with E-state index in [2.05, 4.69) is 9.47 Å². The molecule has 2 aromatic rings. The van der Waals surface area contributed by atoms with Crippen LogP contribution in [-0.2, 0) is 19.1 Å². The van der Waals surface area contributed by atoms with Crippen molar-refractivity contribution in [3.05, 3.63) is 59.7 Å². The number of carbonyl (C=O) groups excluding carboxylic acids is 2. The van der Waals surface area contributed by atoms with Crippen molar-refractivity contribution in [3.63, 3.8) is 0 Å². The number of esters is 2. The molecule has 0 N–H and O–H groups in total. The molecule has 0 spiro atoms. The molecular weight excluding hydrogens is 504 g/mol. The number of alkyl halides is 4. The Balaban J connectivity index is 1.73. The SMILES string of the molecule is COc1cc(C=CC(=O)OCCCOC(=O)C=Cc2ccc(OC(F)F)c(OC)c2)ccc1OC(F)F. The van der Waals surface area contributed by atoms with Crippen molar-refractivity contribution in [1.29, 1.82) is 0 Å². The quantitative estimate of drug-likeness (QED) is 0.145. The Kier molecular flexibility index (Phi) is 11.8. The van der Waals surface area contributed by atoms with E-state index >= 15 is 0 Å². The molecule has 0 aromatic heterocycles. The number of ether oxygens (including phenoxy) is 6. The maximum Gasteiger partial charge on any atom is 0.387 e. The lowest BCUT2D eigenvalue weighted by atomic mass is 10.2.